The monoisotopic (exact) mass is 285 g/mol. The molecule has 1 aromatic rings. The number of piperazine rings is 1. The molecule has 0 bridgehead atoms. The van der Waals surface area contributed by atoms with Crippen LogP contribution in [0.5, 0.6) is 0 Å². The van der Waals surface area contributed by atoms with Crippen LogP contribution in [0.15, 0.2) is 18.2 Å². The zero-order valence-corrected chi connectivity index (χ0v) is 13.5. The molecule has 0 saturated carbocycles. The minimum Gasteiger partial charge on any atom is -0.369 e. The van der Waals surface area contributed by atoms with Crippen molar-refractivity contribution < 1.29 is 0 Å². The van der Waals surface area contributed by atoms with Crippen LogP contribution in [-0.4, -0.2) is 50.2 Å². The van der Waals surface area contributed by atoms with Gasteiger partial charge >= 0.3 is 0 Å². The maximum absolute atomic E-state index is 5.27. The Balaban J connectivity index is 1.88. The molecule has 0 spiro atoms. The Bertz CT molecular complexity index is 496. The Hall–Kier alpha value is -1.50. The van der Waals surface area contributed by atoms with Gasteiger partial charge in [-0.1, -0.05) is 18.1 Å². The van der Waals surface area contributed by atoms with Crippen molar-refractivity contribution in [2.45, 2.75) is 26.8 Å². The van der Waals surface area contributed by atoms with Crippen molar-refractivity contribution >= 4 is 5.69 Å². The van der Waals surface area contributed by atoms with Gasteiger partial charge in [0.1, 0.15) is 0 Å². The molecule has 0 aliphatic carbocycles. The maximum atomic E-state index is 5.27. The van der Waals surface area contributed by atoms with Gasteiger partial charge in [-0.05, 0) is 38.0 Å². The van der Waals surface area contributed by atoms with Crippen LogP contribution < -0.4 is 10.2 Å². The molecule has 1 aliphatic rings. The van der Waals surface area contributed by atoms with E-state index in [1.165, 1.54) is 16.8 Å². The highest BCUT2D eigenvalue weighted by atomic mass is 15.3. The lowest BCUT2D eigenvalue weighted by Gasteiger charge is -2.39. The van der Waals surface area contributed by atoms with Crippen molar-refractivity contribution in [3.63, 3.8) is 0 Å². The van der Waals surface area contributed by atoms with E-state index in [1.807, 2.05) is 0 Å². The molecule has 1 N–H and O–H groups in total. The average Bonchev–Trinajstić information content (AvgIpc) is 2.50. The second-order valence-electron chi connectivity index (χ2n) is 5.93. The molecule has 1 atom stereocenters. The zero-order chi connectivity index (χ0) is 15.2. The first-order valence-electron chi connectivity index (χ1n) is 7.83. The zero-order valence-electron chi connectivity index (χ0n) is 13.5. The molecule has 0 aromatic heterocycles. The van der Waals surface area contributed by atoms with Crippen LogP contribution in [0.4, 0.5) is 5.69 Å². The number of benzene rings is 1. The van der Waals surface area contributed by atoms with Gasteiger partial charge in [0.15, 0.2) is 0 Å². The highest BCUT2D eigenvalue weighted by Gasteiger charge is 2.21. The minimum atomic E-state index is 0.541. The Morgan fingerprint density at radius 2 is 1.95 bits per heavy atom. The van der Waals surface area contributed by atoms with E-state index in [9.17, 15) is 0 Å². The second-order valence-corrected chi connectivity index (χ2v) is 5.93. The summed E-state index contributed by atoms with van der Waals surface area (Å²) in [5.41, 5.74) is 4.18. The van der Waals surface area contributed by atoms with E-state index in [2.05, 4.69) is 60.0 Å². The lowest BCUT2D eigenvalue weighted by atomic mass is 10.1. The average molecular weight is 285 g/mol. The molecule has 114 valence electrons. The number of anilines is 1. The molecule has 1 heterocycles. The molecule has 1 saturated heterocycles. The van der Waals surface area contributed by atoms with Gasteiger partial charge in [0.05, 0.1) is 6.54 Å². The van der Waals surface area contributed by atoms with E-state index >= 15 is 0 Å². The van der Waals surface area contributed by atoms with Crippen LogP contribution in [0, 0.1) is 26.2 Å². The third kappa shape index (κ3) is 4.00. The number of nitrogens with one attached hydrogen (secondary N) is 1. The van der Waals surface area contributed by atoms with Gasteiger partial charge < -0.3 is 10.2 Å². The largest absolute Gasteiger partial charge is 0.369 e. The van der Waals surface area contributed by atoms with Crippen molar-refractivity contribution in [1.29, 1.82) is 0 Å². The molecule has 0 amide bonds. The van der Waals surface area contributed by atoms with E-state index < -0.39 is 0 Å². The Morgan fingerprint density at radius 3 is 2.62 bits per heavy atom. The quantitative estimate of drug-likeness (QED) is 0.660. The summed E-state index contributed by atoms with van der Waals surface area (Å²) in [6.45, 7) is 12.8. The fraction of sp³-hybridized carbons (Fsp3) is 0.556. The van der Waals surface area contributed by atoms with Gasteiger partial charge in [-0.25, -0.2) is 0 Å². The number of hydrogen-bond donors (Lipinski definition) is 1. The van der Waals surface area contributed by atoms with E-state index in [4.69, 9.17) is 6.42 Å². The third-order valence-corrected chi connectivity index (χ3v) is 4.52. The number of hydrogen-bond acceptors (Lipinski definition) is 3. The molecule has 1 aliphatic heterocycles. The molecule has 21 heavy (non-hydrogen) atoms. The third-order valence-electron chi connectivity index (χ3n) is 4.52. The van der Waals surface area contributed by atoms with Crippen molar-refractivity contribution in [2.24, 2.45) is 0 Å². The van der Waals surface area contributed by atoms with Crippen LogP contribution in [0.25, 0.3) is 0 Å². The first kappa shape index (κ1) is 15.9. The van der Waals surface area contributed by atoms with E-state index in [-0.39, 0.29) is 0 Å². The van der Waals surface area contributed by atoms with Gasteiger partial charge in [0, 0.05) is 44.5 Å². The second kappa shape index (κ2) is 7.49. The van der Waals surface area contributed by atoms with Crippen LogP contribution in [-0.2, 0) is 0 Å². The van der Waals surface area contributed by atoms with E-state index in [1.54, 1.807) is 0 Å². The summed E-state index contributed by atoms with van der Waals surface area (Å²) in [5.74, 6) is 2.63. The van der Waals surface area contributed by atoms with Gasteiger partial charge in [-0.3, -0.25) is 4.90 Å². The summed E-state index contributed by atoms with van der Waals surface area (Å²) >= 11 is 0. The van der Waals surface area contributed by atoms with Crippen LogP contribution in [0.1, 0.15) is 18.1 Å². The molecular formula is C18H27N3. The normalized spacial score (nSPS) is 17.5. The lowest BCUT2D eigenvalue weighted by Crippen LogP contribution is -2.52. The number of rotatable bonds is 5. The summed E-state index contributed by atoms with van der Waals surface area (Å²) in [7, 11) is 0. The standard InChI is InChI=1S/C18H27N3/c1-5-9-19-14-16(3)20-10-12-21(13-11-20)18-8-6-7-15(2)17(18)4/h1,6-8,16,19H,9-14H2,2-4H3. The molecule has 2 rings (SSSR count). The summed E-state index contributed by atoms with van der Waals surface area (Å²) in [6, 6.07) is 7.14. The van der Waals surface area contributed by atoms with Crippen molar-refractivity contribution in [3.8, 4) is 12.3 Å². The summed E-state index contributed by atoms with van der Waals surface area (Å²) in [6.07, 6.45) is 5.27. The Kier molecular flexibility index (Phi) is 5.67. The Labute approximate surface area is 129 Å². The van der Waals surface area contributed by atoms with E-state index in [0.29, 0.717) is 12.6 Å². The molecule has 1 fully saturated rings. The van der Waals surface area contributed by atoms with Crippen molar-refractivity contribution in [3.05, 3.63) is 29.3 Å². The van der Waals surface area contributed by atoms with Gasteiger partial charge in [-0.15, -0.1) is 6.42 Å². The topological polar surface area (TPSA) is 18.5 Å². The lowest BCUT2D eigenvalue weighted by molar-refractivity contribution is 0.194. The SMILES string of the molecule is C#CCNCC(C)N1CCN(c2cccc(C)c2C)CC1. The maximum Gasteiger partial charge on any atom is 0.0574 e. The van der Waals surface area contributed by atoms with Crippen LogP contribution in [0.2, 0.25) is 0 Å². The Morgan fingerprint density at radius 1 is 1.24 bits per heavy atom. The minimum absolute atomic E-state index is 0.541. The number of terminal acetylenes is 1. The number of aryl methyl sites for hydroxylation is 1. The molecule has 3 nitrogen and oxygen atoms in total. The van der Waals surface area contributed by atoms with Gasteiger partial charge in [-0.2, -0.15) is 0 Å². The van der Waals surface area contributed by atoms with Crippen LogP contribution >= 0.6 is 0 Å². The molecule has 3 heteroatoms. The summed E-state index contributed by atoms with van der Waals surface area (Å²) in [5, 5.41) is 3.30. The molecule has 1 aromatic carbocycles. The highest BCUT2D eigenvalue weighted by molar-refractivity contribution is 5.56. The summed E-state index contributed by atoms with van der Waals surface area (Å²) in [4.78, 5) is 5.06. The van der Waals surface area contributed by atoms with Crippen LogP contribution in [0.3, 0.4) is 0 Å². The number of nitrogens with zero attached hydrogens (tertiary/aromatic N) is 2. The first-order valence-corrected chi connectivity index (χ1v) is 7.83. The predicted molar refractivity (Wildman–Crippen MR) is 90.9 cm³/mol. The van der Waals surface area contributed by atoms with Crippen molar-refractivity contribution in [1.82, 2.24) is 10.2 Å². The molecule has 0 radical (unpaired) electrons. The smallest absolute Gasteiger partial charge is 0.0574 e. The fourth-order valence-electron chi connectivity index (χ4n) is 2.96. The summed E-state index contributed by atoms with van der Waals surface area (Å²) < 4.78 is 0. The predicted octanol–water partition coefficient (Wildman–Crippen LogP) is 2.04. The van der Waals surface area contributed by atoms with Crippen molar-refractivity contribution in [2.75, 3.05) is 44.2 Å². The molecule has 1 unspecified atom stereocenters. The first-order chi connectivity index (χ1) is 10.1. The fourth-order valence-corrected chi connectivity index (χ4v) is 2.96. The van der Waals surface area contributed by atoms with Gasteiger partial charge in [0.2, 0.25) is 0 Å². The highest BCUT2D eigenvalue weighted by Crippen LogP contribution is 2.24. The molecular weight excluding hydrogens is 258 g/mol. The van der Waals surface area contributed by atoms with Gasteiger partial charge in [0.25, 0.3) is 0 Å². The van der Waals surface area contributed by atoms with E-state index in [0.717, 1.165) is 32.7 Å².